The summed E-state index contributed by atoms with van der Waals surface area (Å²) in [7, 11) is 0. The zero-order valence-corrected chi connectivity index (χ0v) is 40.2. The van der Waals surface area contributed by atoms with E-state index in [0.717, 1.165) is 4.90 Å². The Hall–Kier alpha value is -8.90. The predicted octanol–water partition coefficient (Wildman–Crippen LogP) is -2.78. The summed E-state index contributed by atoms with van der Waals surface area (Å²) in [5.41, 5.74) is 17.4. The van der Waals surface area contributed by atoms with E-state index in [9.17, 15) is 93.0 Å². The van der Waals surface area contributed by atoms with Crippen LogP contribution in [0.5, 0.6) is 0 Å². The number of hydrogen-bond acceptors (Lipinski definition) is 18. The molecule has 0 saturated heterocycles. The van der Waals surface area contributed by atoms with Crippen LogP contribution in [-0.4, -0.2) is 165 Å². The lowest BCUT2D eigenvalue weighted by molar-refractivity contribution is -0.152. The maximum atomic E-state index is 13.7. The smallest absolute Gasteiger partial charge is 0.326 e. The maximum absolute atomic E-state index is 13.7. The van der Waals surface area contributed by atoms with Gasteiger partial charge in [0.1, 0.15) is 42.1 Å². The Morgan fingerprint density at radius 1 is 0.560 bits per heavy atom. The summed E-state index contributed by atoms with van der Waals surface area (Å²) in [5.74, 6) is -15.8. The average Bonchev–Trinajstić information content (AvgIpc) is 3.32. The first kappa shape index (κ1) is 62.2. The highest BCUT2D eigenvalue weighted by Crippen LogP contribution is 2.19. The number of carboxylic acids is 7. The molecule has 2 rings (SSSR count). The lowest BCUT2D eigenvalue weighted by atomic mass is 10.0. The van der Waals surface area contributed by atoms with E-state index in [0.29, 0.717) is 24.2 Å². The molecule has 31 nitrogen and oxygen atoms in total. The molecule has 0 aliphatic heterocycles. The van der Waals surface area contributed by atoms with Crippen LogP contribution in [0.1, 0.15) is 94.6 Å². The van der Waals surface area contributed by atoms with Crippen LogP contribution >= 0.6 is 0 Å². The minimum absolute atomic E-state index is 0.000860. The summed E-state index contributed by atoms with van der Waals surface area (Å²) in [6, 6.07) is -3.69. The van der Waals surface area contributed by atoms with Crippen molar-refractivity contribution < 1.29 is 93.3 Å². The number of carboxylic acid groups (broad SMARTS) is 7. The van der Waals surface area contributed by atoms with Crippen molar-refractivity contribution in [2.24, 2.45) is 5.73 Å². The van der Waals surface area contributed by atoms with Crippen molar-refractivity contribution in [3.8, 4) is 0 Å². The molecule has 1 aromatic carbocycles. The van der Waals surface area contributed by atoms with Crippen LogP contribution in [0.4, 0.5) is 17.5 Å². The van der Waals surface area contributed by atoms with Gasteiger partial charge in [-0.25, -0.2) is 24.0 Å². The van der Waals surface area contributed by atoms with Crippen molar-refractivity contribution >= 4 is 88.8 Å². The number of carbonyl (C=O) groups excluding carboxylic acids is 5. The van der Waals surface area contributed by atoms with E-state index in [-0.39, 0.29) is 36.7 Å². The average molecular weight is 1060 g/mol. The fourth-order valence-corrected chi connectivity index (χ4v) is 6.99. The zero-order chi connectivity index (χ0) is 56.5. The van der Waals surface area contributed by atoms with E-state index in [1.54, 1.807) is 24.3 Å². The first-order valence-electron chi connectivity index (χ1n) is 23.0. The Bertz CT molecular complexity index is 2470. The van der Waals surface area contributed by atoms with Gasteiger partial charge in [0.05, 0.1) is 5.56 Å². The standard InChI is InChI=1S/C44H61N11O20/c45-24(38(64)65)7-13-30(56)49-25(39(66)67)8-14-31(57)50-26(40(68)69)9-15-32(58)51-27(41(70)71)10-16-33(59)52-28(42(72)73)11-17-34(60)55(29(43(74)75)12-18-35(61)62)20-21-3-5-22(6-4-21)48-19-1-2-23-36(46)53-44(47)54-37(23)63/h3-6,24-29,48H,1-2,7-20,45H2,(H,49,56)(H,50,57)(H,51,58)(H,52,59)(H,61,62)(H,64,65)(H,66,67)(H,68,69)(H,70,71)(H,72,73)(H,74,75)(H5,46,47,53,54,63)/t24-,25-,26-,27-,28-,29-/m0/s1. The van der Waals surface area contributed by atoms with Gasteiger partial charge in [0.25, 0.3) is 5.56 Å². The number of carbonyl (C=O) groups is 12. The van der Waals surface area contributed by atoms with E-state index >= 15 is 0 Å². The van der Waals surface area contributed by atoms with Gasteiger partial charge in [-0.15, -0.1) is 0 Å². The van der Waals surface area contributed by atoms with Gasteiger partial charge in [-0.2, -0.15) is 4.98 Å². The number of aromatic nitrogens is 2. The number of benzene rings is 1. The molecule has 2 aromatic rings. The first-order chi connectivity index (χ1) is 35.2. The minimum atomic E-state index is -1.79. The van der Waals surface area contributed by atoms with Gasteiger partial charge in [-0.1, -0.05) is 12.1 Å². The summed E-state index contributed by atoms with van der Waals surface area (Å²) < 4.78 is 0. The second-order valence-corrected chi connectivity index (χ2v) is 16.8. The summed E-state index contributed by atoms with van der Waals surface area (Å²) in [6.45, 7) is 0.00679. The van der Waals surface area contributed by atoms with E-state index in [1.165, 1.54) is 0 Å². The van der Waals surface area contributed by atoms with E-state index in [4.69, 9.17) is 22.3 Å². The number of nitrogens with two attached hydrogens (primary N) is 3. The van der Waals surface area contributed by atoms with Gasteiger partial charge < -0.3 is 84.4 Å². The van der Waals surface area contributed by atoms with Crippen LogP contribution in [-0.2, 0) is 70.5 Å². The Morgan fingerprint density at radius 3 is 1.37 bits per heavy atom. The maximum Gasteiger partial charge on any atom is 0.326 e. The van der Waals surface area contributed by atoms with Crippen LogP contribution in [0.2, 0.25) is 0 Å². The Balaban J connectivity index is 2.00. The normalized spacial score (nSPS) is 13.2. The van der Waals surface area contributed by atoms with Crippen LogP contribution in [0.15, 0.2) is 29.1 Å². The van der Waals surface area contributed by atoms with Crippen LogP contribution in [0, 0.1) is 0 Å². The number of rotatable bonds is 36. The van der Waals surface area contributed by atoms with Gasteiger partial charge in [0, 0.05) is 57.3 Å². The second-order valence-electron chi connectivity index (χ2n) is 16.8. The SMILES string of the molecule is Nc1nc(N)c(CCCNc2ccc(CN(C(=O)CC[C@H](NC(=O)CC[C@H](NC(=O)CC[C@H](NC(=O)CC[C@H](NC(=O)CC[C@H](N)C(=O)O)C(=O)O)C(=O)O)C(=O)O)C(=O)O)[C@@H](CCC(=O)O)C(=O)O)cc2)c(=O)[nH]1. The molecule has 0 spiro atoms. The largest absolute Gasteiger partial charge is 0.481 e. The first-order valence-corrected chi connectivity index (χ1v) is 23.0. The molecule has 1 aromatic heterocycles. The molecular weight excluding hydrogens is 1000 g/mol. The second kappa shape index (κ2) is 30.9. The number of nitrogens with one attached hydrogen (secondary N) is 6. The van der Waals surface area contributed by atoms with Crippen molar-refractivity contribution in [2.45, 2.75) is 133 Å². The highest BCUT2D eigenvalue weighted by Gasteiger charge is 2.32. The fourth-order valence-electron chi connectivity index (χ4n) is 6.99. The van der Waals surface area contributed by atoms with Crippen molar-refractivity contribution in [3.05, 3.63) is 45.7 Å². The zero-order valence-electron chi connectivity index (χ0n) is 40.2. The molecule has 6 atom stereocenters. The van der Waals surface area contributed by atoms with Gasteiger partial charge >= 0.3 is 41.8 Å². The molecule has 0 saturated carbocycles. The third kappa shape index (κ3) is 23.0. The monoisotopic (exact) mass is 1060 g/mol. The number of anilines is 3. The molecule has 75 heavy (non-hydrogen) atoms. The van der Waals surface area contributed by atoms with Gasteiger partial charge in [-0.05, 0) is 69.1 Å². The number of aromatic amines is 1. The molecule has 19 N–H and O–H groups in total. The summed E-state index contributed by atoms with van der Waals surface area (Å²) in [6.07, 6.45) is -6.31. The van der Waals surface area contributed by atoms with Gasteiger partial charge in [0.2, 0.25) is 35.5 Å². The molecule has 0 aliphatic rings. The molecule has 0 aliphatic carbocycles. The Morgan fingerprint density at radius 2 is 0.987 bits per heavy atom. The number of nitrogens with zero attached hydrogens (tertiary/aromatic N) is 2. The molecule has 1 heterocycles. The molecule has 31 heteroatoms. The molecule has 5 amide bonds. The lowest BCUT2D eigenvalue weighted by Gasteiger charge is -2.29. The number of nitrogen functional groups attached to an aromatic ring is 2. The minimum Gasteiger partial charge on any atom is -0.481 e. The Labute approximate surface area is 425 Å². The summed E-state index contributed by atoms with van der Waals surface area (Å²) >= 11 is 0. The number of amides is 5. The van der Waals surface area contributed by atoms with Crippen molar-refractivity contribution in [1.29, 1.82) is 0 Å². The third-order valence-corrected chi connectivity index (χ3v) is 11.1. The molecule has 0 bridgehead atoms. The van der Waals surface area contributed by atoms with Crippen LogP contribution in [0.25, 0.3) is 0 Å². The topological polar surface area (TPSA) is 534 Å². The summed E-state index contributed by atoms with van der Waals surface area (Å²) in [4.78, 5) is 165. The highest BCUT2D eigenvalue weighted by molar-refractivity contribution is 5.89. The van der Waals surface area contributed by atoms with Crippen LogP contribution < -0.4 is 49.3 Å². The third-order valence-electron chi connectivity index (χ3n) is 11.1. The quantitative estimate of drug-likeness (QED) is 0.0307. The van der Waals surface area contributed by atoms with E-state index in [1.807, 2.05) is 0 Å². The lowest BCUT2D eigenvalue weighted by Crippen LogP contribution is -2.47. The van der Waals surface area contributed by atoms with Gasteiger partial charge in [-0.3, -0.25) is 43.3 Å². The van der Waals surface area contributed by atoms with E-state index in [2.05, 4.69) is 36.6 Å². The number of H-pyrrole nitrogens is 1. The van der Waals surface area contributed by atoms with Crippen LogP contribution in [0.3, 0.4) is 0 Å². The Kier molecular flexibility index (Phi) is 25.6. The molecule has 412 valence electrons. The van der Waals surface area contributed by atoms with Gasteiger partial charge in [0.15, 0.2) is 0 Å². The molecule has 0 unspecified atom stereocenters. The van der Waals surface area contributed by atoms with Crippen molar-refractivity contribution in [1.82, 2.24) is 36.1 Å². The number of aliphatic carboxylic acids is 7. The van der Waals surface area contributed by atoms with Crippen molar-refractivity contribution in [2.75, 3.05) is 23.3 Å². The highest BCUT2D eigenvalue weighted by atomic mass is 16.4. The predicted molar refractivity (Wildman–Crippen MR) is 256 cm³/mol. The molecule has 0 radical (unpaired) electrons. The van der Waals surface area contributed by atoms with Crippen molar-refractivity contribution in [3.63, 3.8) is 0 Å². The fraction of sp³-hybridized carbons (Fsp3) is 0.500. The molecular formula is C44H61N11O20. The number of hydrogen-bond donors (Lipinski definition) is 16. The summed E-state index contributed by atoms with van der Waals surface area (Å²) in [5, 5.41) is 78.2. The molecule has 0 fully saturated rings. The van der Waals surface area contributed by atoms with E-state index < -0.39 is 184 Å².